The summed E-state index contributed by atoms with van der Waals surface area (Å²) in [6.07, 6.45) is 0. The van der Waals surface area contributed by atoms with Crippen molar-refractivity contribution in [2.45, 2.75) is 0 Å². The van der Waals surface area contributed by atoms with Crippen LogP contribution in [-0.2, 0) is 4.57 Å². The molecule has 3 N–H and O–H groups in total. The smallest absolute Gasteiger partial charge is 0.138 e. The molecule has 0 aromatic heterocycles. The minimum Gasteiger partial charge on any atom is -0.344 e. The van der Waals surface area contributed by atoms with Crippen LogP contribution in [0.15, 0.2) is 0 Å². The van der Waals surface area contributed by atoms with Gasteiger partial charge in [0.25, 0.3) is 0 Å². The van der Waals surface area contributed by atoms with E-state index in [0.717, 1.165) is 0 Å². The van der Waals surface area contributed by atoms with Crippen molar-refractivity contribution in [3.63, 3.8) is 0 Å². The van der Waals surface area contributed by atoms with Crippen molar-refractivity contribution in [2.75, 3.05) is 0 Å². The van der Waals surface area contributed by atoms with Crippen LogP contribution in [0.5, 0.6) is 0 Å². The zero-order chi connectivity index (χ0) is 2.00. The van der Waals surface area contributed by atoms with Gasteiger partial charge in [-0.05, 0) is 0 Å². The molecule has 0 saturated heterocycles. The van der Waals surface area contributed by atoms with Crippen molar-refractivity contribution in [1.29, 1.82) is 0 Å². The fraction of sp³-hybridized carbons (Fsp3) is 0. The van der Waals surface area contributed by atoms with Crippen molar-refractivity contribution >= 4 is 17.5 Å². The second-order valence-corrected chi connectivity index (χ2v) is 0. The Labute approximate surface area is 29.4 Å². The van der Waals surface area contributed by atoms with Crippen LogP contribution in [0.25, 0.3) is 0 Å². The molecule has 0 bridgehead atoms. The van der Waals surface area contributed by atoms with Crippen molar-refractivity contribution in [3.8, 4) is 0 Å². The molecule has 0 aromatic carbocycles. The third-order valence-corrected chi connectivity index (χ3v) is 0. The predicted molar refractivity (Wildman–Crippen MR) is 19.8 cm³/mol. The summed E-state index contributed by atoms with van der Waals surface area (Å²) in [6, 6.07) is 0. The van der Waals surface area contributed by atoms with E-state index >= 15 is 0 Å². The Morgan fingerprint density at radius 2 is 1.25 bits per heavy atom. The van der Waals surface area contributed by atoms with E-state index in [1.54, 1.807) is 9.12 Å². The van der Waals surface area contributed by atoms with Gasteiger partial charge in [0, 0.05) is 8.41 Å². The summed E-state index contributed by atoms with van der Waals surface area (Å²) in [6.45, 7) is 0. The highest BCUT2D eigenvalue weighted by atomic mass is 31.0. The monoisotopic (exact) mass is 76.0 g/mol. The van der Waals surface area contributed by atoms with E-state index in [1.165, 1.54) is 0 Å². The molecule has 3 radical (unpaired) electrons. The molecular weight excluding hydrogens is 71.8 g/mol. The summed E-state index contributed by atoms with van der Waals surface area (Å²) < 4.78 is 8.06. The van der Waals surface area contributed by atoms with E-state index < -0.39 is 0 Å². The van der Waals surface area contributed by atoms with Gasteiger partial charge in [-0.1, -0.05) is 0 Å². The maximum Gasteiger partial charge on any atom is 0.138 e. The first kappa shape index (κ1) is 31.8. The van der Waals surface area contributed by atoms with E-state index in [-0.39, 0.29) is 14.6 Å². The normalized spacial score (nSPS) is 1.00. The Balaban J connectivity index is -0.00000000500. The molecule has 0 amide bonds. The molecule has 2 nitrogen and oxygen atoms in total. The van der Waals surface area contributed by atoms with Gasteiger partial charge in [0.05, 0.1) is 0 Å². The Hall–Kier alpha value is 0.125. The van der Waals surface area contributed by atoms with Crippen molar-refractivity contribution in [2.24, 2.45) is 0 Å². The van der Waals surface area contributed by atoms with Crippen LogP contribution in [0, 0.1) is 0 Å². The zero-order valence-corrected chi connectivity index (χ0v) is 3.19. The third kappa shape index (κ3) is 172. The molecule has 0 fully saturated rings. The first-order valence-electron chi connectivity index (χ1n) is 0.204. The standard InChI is InChI=1S/B.H3N.HOP/c;;1-2/h;1H3;2H. The van der Waals surface area contributed by atoms with E-state index in [9.17, 15) is 0 Å². The zero-order valence-electron chi connectivity index (χ0n) is 2.19. The van der Waals surface area contributed by atoms with Gasteiger partial charge in [0.2, 0.25) is 0 Å². The van der Waals surface area contributed by atoms with Crippen LogP contribution in [0.3, 0.4) is 0 Å². The summed E-state index contributed by atoms with van der Waals surface area (Å²) in [7, 11) is 1.72. The molecule has 0 aliphatic carbocycles. The average Bonchev–Trinajstić information content (AvgIpc) is 1.00. The quantitative estimate of drug-likeness (QED) is 0.332. The highest BCUT2D eigenvalue weighted by Crippen LogP contribution is 1.23. The molecule has 0 saturated carbocycles. The summed E-state index contributed by atoms with van der Waals surface area (Å²) in [5.41, 5.74) is 0. The van der Waals surface area contributed by atoms with Crippen molar-refractivity contribution in [3.05, 3.63) is 0 Å². The summed E-state index contributed by atoms with van der Waals surface area (Å²) in [5, 5.41) is 0. The molecule has 0 aliphatic rings. The van der Waals surface area contributed by atoms with Crippen LogP contribution in [0.4, 0.5) is 0 Å². The lowest BCUT2D eigenvalue weighted by Crippen LogP contribution is -0.489. The van der Waals surface area contributed by atoms with Crippen LogP contribution < -0.4 is 6.15 Å². The van der Waals surface area contributed by atoms with E-state index in [1.807, 2.05) is 0 Å². The van der Waals surface area contributed by atoms with Gasteiger partial charge < -0.3 is 6.15 Å². The van der Waals surface area contributed by atoms with E-state index in [0.29, 0.717) is 0 Å². The van der Waals surface area contributed by atoms with Gasteiger partial charge in [-0.15, -0.1) is 0 Å². The summed E-state index contributed by atoms with van der Waals surface area (Å²) in [4.78, 5) is 0. The average molecular weight is 75.8 g/mol. The van der Waals surface area contributed by atoms with Gasteiger partial charge in [-0.2, -0.15) is 0 Å². The molecule has 0 aliphatic heterocycles. The van der Waals surface area contributed by atoms with Gasteiger partial charge in [0.1, 0.15) is 9.12 Å². The lowest BCUT2D eigenvalue weighted by Gasteiger charge is -0.807. The van der Waals surface area contributed by atoms with Gasteiger partial charge in [-0.25, -0.2) is 0 Å². The van der Waals surface area contributed by atoms with Crippen LogP contribution in [-0.4, -0.2) is 8.41 Å². The molecule has 0 unspecified atom stereocenters. The molecular formula is H4BNOP. The number of rotatable bonds is 0. The topological polar surface area (TPSA) is 52.1 Å². The van der Waals surface area contributed by atoms with Crippen LogP contribution >= 0.6 is 9.12 Å². The van der Waals surface area contributed by atoms with Crippen LogP contribution in [0.2, 0.25) is 0 Å². The lowest BCUT2D eigenvalue weighted by molar-refractivity contribution is 0.607. The summed E-state index contributed by atoms with van der Waals surface area (Å²) >= 11 is 0. The largest absolute Gasteiger partial charge is 0.344 e. The predicted octanol–water partition coefficient (Wildman–Crippen LogP) is 0.256. The highest BCUT2D eigenvalue weighted by Gasteiger charge is 0.667. The maximum absolute atomic E-state index is 8.06. The maximum atomic E-state index is 8.06. The highest BCUT2D eigenvalue weighted by molar-refractivity contribution is 7.00. The molecule has 0 heterocycles. The Kier molecular flexibility index (Phi) is 7190. The van der Waals surface area contributed by atoms with E-state index in [4.69, 9.17) is 4.57 Å². The second-order valence-electron chi connectivity index (χ2n) is 0. The number of hydrogen-bond acceptors (Lipinski definition) is 2. The molecule has 0 aromatic rings. The molecule has 4 heavy (non-hydrogen) atoms. The van der Waals surface area contributed by atoms with E-state index in [2.05, 4.69) is 0 Å². The second kappa shape index (κ2) is 904. The Morgan fingerprint density at radius 1 is 1.25 bits per heavy atom. The molecule has 0 rings (SSSR count). The number of hydrogen-bond donors (Lipinski definition) is 1. The van der Waals surface area contributed by atoms with Crippen molar-refractivity contribution in [1.82, 2.24) is 6.15 Å². The first-order chi connectivity index (χ1) is 1.00. The lowest BCUT2D eigenvalue weighted by atomic mass is 10.8. The summed E-state index contributed by atoms with van der Waals surface area (Å²) in [5.74, 6) is 0. The minimum atomic E-state index is 0. The van der Waals surface area contributed by atoms with Gasteiger partial charge in [0.15, 0.2) is 0 Å². The van der Waals surface area contributed by atoms with Gasteiger partial charge >= 0.3 is 0 Å². The fourth-order valence-corrected chi connectivity index (χ4v) is 0. The Bertz CT molecular complexity index is 8.00. The third-order valence-electron chi connectivity index (χ3n) is 0. The SMILES string of the molecule is N.O=P.[B]. The van der Waals surface area contributed by atoms with Gasteiger partial charge in [-0.3, -0.25) is 4.57 Å². The molecule has 23 valence electrons. The first-order valence-corrected chi connectivity index (χ1v) is 0.612. The fourth-order valence-electron chi connectivity index (χ4n) is 0. The molecule has 0 spiro atoms. The molecule has 0 atom stereocenters. The Morgan fingerprint density at radius 3 is 1.25 bits per heavy atom. The van der Waals surface area contributed by atoms with Crippen LogP contribution in [0.1, 0.15) is 0 Å². The van der Waals surface area contributed by atoms with Crippen molar-refractivity contribution < 1.29 is 4.57 Å². The minimum absolute atomic E-state index is 0. The molecule has 4 heteroatoms.